The second kappa shape index (κ2) is 10.1. The lowest BCUT2D eigenvalue weighted by Crippen LogP contribution is -2.13. The Morgan fingerprint density at radius 2 is 1.97 bits per heavy atom. The Labute approximate surface area is 186 Å². The van der Waals surface area contributed by atoms with Crippen LogP contribution in [0.1, 0.15) is 11.1 Å². The fraction of sp³-hybridized carbons (Fsp3) is 0.0435. The first kappa shape index (κ1) is 21.6. The van der Waals surface area contributed by atoms with Crippen LogP contribution in [0, 0.1) is 17.1 Å². The summed E-state index contributed by atoms with van der Waals surface area (Å²) in [7, 11) is 0. The number of amides is 1. The molecule has 0 unspecified atom stereocenters. The van der Waals surface area contributed by atoms with Gasteiger partial charge < -0.3 is 10.1 Å². The van der Waals surface area contributed by atoms with Gasteiger partial charge in [-0.05, 0) is 54.1 Å². The molecule has 150 valence electrons. The molecule has 30 heavy (non-hydrogen) atoms. The van der Waals surface area contributed by atoms with Crippen molar-refractivity contribution in [2.45, 2.75) is 6.61 Å². The molecule has 3 aromatic carbocycles. The van der Waals surface area contributed by atoms with E-state index in [9.17, 15) is 14.4 Å². The zero-order chi connectivity index (χ0) is 21.5. The number of carbonyl (C=O) groups excluding carboxylic acids is 1. The van der Waals surface area contributed by atoms with Crippen molar-refractivity contribution in [2.75, 3.05) is 5.32 Å². The van der Waals surface area contributed by atoms with Crippen molar-refractivity contribution in [3.05, 3.63) is 98.7 Å². The Kier molecular flexibility index (Phi) is 7.23. The fourth-order valence-corrected chi connectivity index (χ4v) is 3.17. The maximum atomic E-state index is 13.4. The SMILES string of the molecule is N#C/C(=C\c1cc(Br)ccc1OCc1cccc(F)c1)C(=O)Nc1ccccc1Cl. The first-order chi connectivity index (χ1) is 14.5. The molecule has 1 amide bonds. The first-order valence-electron chi connectivity index (χ1n) is 8.81. The molecule has 0 saturated carbocycles. The molecule has 0 radical (unpaired) electrons. The van der Waals surface area contributed by atoms with E-state index >= 15 is 0 Å². The smallest absolute Gasteiger partial charge is 0.266 e. The minimum atomic E-state index is -0.596. The third-order valence-electron chi connectivity index (χ3n) is 4.04. The highest BCUT2D eigenvalue weighted by Crippen LogP contribution is 2.27. The van der Waals surface area contributed by atoms with Gasteiger partial charge in [0.1, 0.15) is 29.8 Å². The highest BCUT2D eigenvalue weighted by molar-refractivity contribution is 9.10. The van der Waals surface area contributed by atoms with E-state index in [1.54, 1.807) is 54.6 Å². The molecule has 0 fully saturated rings. The molecule has 0 atom stereocenters. The summed E-state index contributed by atoms with van der Waals surface area (Å²) >= 11 is 9.44. The summed E-state index contributed by atoms with van der Waals surface area (Å²) in [4.78, 5) is 12.6. The van der Waals surface area contributed by atoms with Gasteiger partial charge in [0.25, 0.3) is 5.91 Å². The van der Waals surface area contributed by atoms with Gasteiger partial charge in [-0.15, -0.1) is 0 Å². The number of ether oxygens (including phenoxy) is 1. The van der Waals surface area contributed by atoms with Gasteiger partial charge in [0, 0.05) is 10.0 Å². The van der Waals surface area contributed by atoms with Crippen LogP contribution in [0.5, 0.6) is 5.75 Å². The first-order valence-corrected chi connectivity index (χ1v) is 9.98. The summed E-state index contributed by atoms with van der Waals surface area (Å²) in [5, 5.41) is 12.5. The Hall–Kier alpha value is -3.14. The lowest BCUT2D eigenvalue weighted by atomic mass is 10.1. The third-order valence-corrected chi connectivity index (χ3v) is 4.87. The van der Waals surface area contributed by atoms with Gasteiger partial charge in [0.15, 0.2) is 0 Å². The maximum absolute atomic E-state index is 13.4. The summed E-state index contributed by atoms with van der Waals surface area (Å²) < 4.78 is 19.9. The molecule has 0 bridgehead atoms. The van der Waals surface area contributed by atoms with Crippen molar-refractivity contribution in [3.8, 4) is 11.8 Å². The average Bonchev–Trinajstić information content (AvgIpc) is 2.73. The van der Waals surface area contributed by atoms with E-state index in [1.165, 1.54) is 18.2 Å². The van der Waals surface area contributed by atoms with E-state index < -0.39 is 5.91 Å². The number of carbonyl (C=O) groups is 1. The molecule has 1 N–H and O–H groups in total. The third kappa shape index (κ3) is 5.69. The van der Waals surface area contributed by atoms with Gasteiger partial charge in [-0.25, -0.2) is 4.39 Å². The second-order valence-electron chi connectivity index (χ2n) is 6.20. The number of anilines is 1. The summed E-state index contributed by atoms with van der Waals surface area (Å²) in [5.74, 6) is -0.502. The number of nitrogens with one attached hydrogen (secondary N) is 1. The van der Waals surface area contributed by atoms with Crippen molar-refractivity contribution in [1.82, 2.24) is 0 Å². The Bertz CT molecular complexity index is 1160. The Morgan fingerprint density at radius 3 is 2.70 bits per heavy atom. The van der Waals surface area contributed by atoms with E-state index in [-0.39, 0.29) is 18.0 Å². The number of benzene rings is 3. The standard InChI is InChI=1S/C23H15BrClFN2O2/c24-18-8-9-22(30-14-15-4-3-5-19(26)10-15)16(12-18)11-17(13-27)23(29)28-21-7-2-1-6-20(21)25/h1-12H,14H2,(H,28,29)/b17-11+. The average molecular weight is 486 g/mol. The molecule has 0 aliphatic rings. The molecule has 7 heteroatoms. The van der Waals surface area contributed by atoms with Gasteiger partial charge in [-0.3, -0.25) is 4.79 Å². The van der Waals surface area contributed by atoms with E-state index in [4.69, 9.17) is 16.3 Å². The van der Waals surface area contributed by atoms with Gasteiger partial charge in [-0.1, -0.05) is 51.8 Å². The van der Waals surface area contributed by atoms with E-state index in [0.29, 0.717) is 27.6 Å². The minimum Gasteiger partial charge on any atom is -0.488 e. The van der Waals surface area contributed by atoms with Gasteiger partial charge in [-0.2, -0.15) is 5.26 Å². The van der Waals surface area contributed by atoms with Crippen LogP contribution in [0.25, 0.3) is 6.08 Å². The lowest BCUT2D eigenvalue weighted by Gasteiger charge is -2.11. The summed E-state index contributed by atoms with van der Waals surface area (Å²) in [6.07, 6.45) is 1.43. The predicted octanol–water partition coefficient (Wildman–Crippen LogP) is 6.37. The highest BCUT2D eigenvalue weighted by atomic mass is 79.9. The van der Waals surface area contributed by atoms with Crippen molar-refractivity contribution in [3.63, 3.8) is 0 Å². The zero-order valence-corrected chi connectivity index (χ0v) is 17.9. The number of nitrogens with zero attached hydrogens (tertiary/aromatic N) is 1. The molecule has 0 aliphatic heterocycles. The Balaban J connectivity index is 1.84. The number of hydrogen-bond acceptors (Lipinski definition) is 3. The minimum absolute atomic E-state index is 0.122. The zero-order valence-electron chi connectivity index (χ0n) is 15.5. The molecule has 3 rings (SSSR count). The van der Waals surface area contributed by atoms with Crippen LogP contribution in [0.3, 0.4) is 0 Å². The molecule has 0 aromatic heterocycles. The van der Waals surface area contributed by atoms with Crippen LogP contribution in [0.4, 0.5) is 10.1 Å². The summed E-state index contributed by atoms with van der Waals surface area (Å²) in [6.45, 7) is 0.133. The molecule has 0 spiro atoms. The van der Waals surface area contributed by atoms with Crippen LogP contribution in [0.15, 0.2) is 76.8 Å². The summed E-state index contributed by atoms with van der Waals surface area (Å²) in [6, 6.07) is 19.9. The normalized spacial score (nSPS) is 10.9. The fourth-order valence-electron chi connectivity index (χ4n) is 2.61. The topological polar surface area (TPSA) is 62.1 Å². The molecular formula is C23H15BrClFN2O2. The van der Waals surface area contributed by atoms with Crippen LogP contribution < -0.4 is 10.1 Å². The molecular weight excluding hydrogens is 471 g/mol. The van der Waals surface area contributed by atoms with Crippen molar-refractivity contribution >= 4 is 45.2 Å². The van der Waals surface area contributed by atoms with Gasteiger partial charge >= 0.3 is 0 Å². The van der Waals surface area contributed by atoms with Crippen LogP contribution in [-0.2, 0) is 11.4 Å². The van der Waals surface area contributed by atoms with Crippen molar-refractivity contribution in [2.24, 2.45) is 0 Å². The second-order valence-corrected chi connectivity index (χ2v) is 7.53. The largest absolute Gasteiger partial charge is 0.488 e. The number of hydrogen-bond donors (Lipinski definition) is 1. The maximum Gasteiger partial charge on any atom is 0.266 e. The monoisotopic (exact) mass is 484 g/mol. The number of nitriles is 1. The van der Waals surface area contributed by atoms with E-state index in [2.05, 4.69) is 21.2 Å². The van der Waals surface area contributed by atoms with Crippen LogP contribution in [-0.4, -0.2) is 5.91 Å². The number of rotatable bonds is 6. The lowest BCUT2D eigenvalue weighted by molar-refractivity contribution is -0.112. The molecule has 3 aromatic rings. The van der Waals surface area contributed by atoms with E-state index in [0.717, 1.165) is 4.47 Å². The molecule has 0 aliphatic carbocycles. The van der Waals surface area contributed by atoms with Crippen molar-refractivity contribution < 1.29 is 13.9 Å². The van der Waals surface area contributed by atoms with Gasteiger partial charge in [0.05, 0.1) is 10.7 Å². The number of halogens is 3. The molecule has 0 heterocycles. The van der Waals surface area contributed by atoms with E-state index in [1.807, 2.05) is 6.07 Å². The highest BCUT2D eigenvalue weighted by Gasteiger charge is 2.13. The quantitative estimate of drug-likeness (QED) is 0.326. The summed E-state index contributed by atoms with van der Waals surface area (Å²) in [5.41, 5.74) is 1.46. The van der Waals surface area contributed by atoms with Crippen molar-refractivity contribution in [1.29, 1.82) is 5.26 Å². The molecule has 0 saturated heterocycles. The van der Waals surface area contributed by atoms with Crippen LogP contribution >= 0.6 is 27.5 Å². The Morgan fingerprint density at radius 1 is 1.17 bits per heavy atom. The predicted molar refractivity (Wildman–Crippen MR) is 119 cm³/mol. The van der Waals surface area contributed by atoms with Crippen LogP contribution in [0.2, 0.25) is 5.02 Å². The molecule has 4 nitrogen and oxygen atoms in total. The van der Waals surface area contributed by atoms with Gasteiger partial charge in [0.2, 0.25) is 0 Å². The number of para-hydroxylation sites is 1.